The molecular formula is C25H25ClNO8PS. The van der Waals surface area contributed by atoms with Gasteiger partial charge in [-0.3, -0.25) is 9.36 Å². The fourth-order valence-corrected chi connectivity index (χ4v) is 6.05. The maximum absolute atomic E-state index is 12.8. The first kappa shape index (κ1) is 28.4. The number of hydrogen-bond acceptors (Lipinski definition) is 6. The van der Waals surface area contributed by atoms with Gasteiger partial charge in [0.05, 0.1) is 15.5 Å². The normalized spacial score (nSPS) is 13.9. The lowest BCUT2D eigenvalue weighted by Gasteiger charge is -2.16. The first-order valence-electron chi connectivity index (χ1n) is 11.0. The number of aryl methyl sites for hydroxylation is 1. The third-order valence-electron chi connectivity index (χ3n) is 5.58. The van der Waals surface area contributed by atoms with Gasteiger partial charge in [-0.05, 0) is 60.0 Å². The Kier molecular flexibility index (Phi) is 8.81. The Morgan fingerprint density at radius 3 is 2.35 bits per heavy atom. The van der Waals surface area contributed by atoms with Crippen molar-refractivity contribution in [3.63, 3.8) is 0 Å². The molecule has 2 atom stereocenters. The molecule has 0 radical (unpaired) electrons. The van der Waals surface area contributed by atoms with Crippen molar-refractivity contribution in [2.24, 2.45) is 0 Å². The van der Waals surface area contributed by atoms with Crippen molar-refractivity contribution >= 4 is 46.0 Å². The average molecular weight is 566 g/mol. The number of nitrogens with one attached hydrogen (secondary N) is 1. The van der Waals surface area contributed by atoms with Crippen molar-refractivity contribution in [1.29, 1.82) is 0 Å². The van der Waals surface area contributed by atoms with E-state index in [0.717, 1.165) is 6.26 Å². The molecule has 0 saturated carbocycles. The van der Waals surface area contributed by atoms with Crippen LogP contribution in [0, 0.1) is 0 Å². The van der Waals surface area contributed by atoms with Crippen molar-refractivity contribution in [3.05, 3.63) is 88.4 Å². The maximum atomic E-state index is 12.8. The largest absolute Gasteiger partial charge is 0.508 e. The number of carboxylic acids is 1. The number of benzene rings is 3. The van der Waals surface area contributed by atoms with E-state index in [-0.39, 0.29) is 45.5 Å². The number of hydrogen-bond donors (Lipinski definition) is 4. The van der Waals surface area contributed by atoms with Gasteiger partial charge < -0.3 is 20.4 Å². The standard InChI is InChI=1S/C25H25ClNO8PS/c1-37(34,35)20-7-2-4-17(12-20)14-23(25(30)31)27-24(29)21-9-8-16(13-22(21)26)10-11-36(32,33)19-6-3-5-18(28)15-19/h2-9,12-13,15,23,28H,10-11,14H2,1H3,(H,27,29)(H,30,31)(H,32,33)/t23-/m0/s1. The highest BCUT2D eigenvalue weighted by Gasteiger charge is 2.24. The summed E-state index contributed by atoms with van der Waals surface area (Å²) < 4.78 is 36.2. The van der Waals surface area contributed by atoms with E-state index < -0.39 is 35.1 Å². The van der Waals surface area contributed by atoms with Crippen LogP contribution in [-0.4, -0.2) is 53.9 Å². The van der Waals surface area contributed by atoms with E-state index in [0.29, 0.717) is 11.1 Å². The molecule has 0 aliphatic heterocycles. The topological polar surface area (TPSA) is 158 Å². The molecule has 12 heteroatoms. The molecule has 3 aromatic rings. The molecule has 9 nitrogen and oxygen atoms in total. The summed E-state index contributed by atoms with van der Waals surface area (Å²) in [4.78, 5) is 35.0. The van der Waals surface area contributed by atoms with E-state index in [2.05, 4.69) is 5.32 Å². The van der Waals surface area contributed by atoms with E-state index in [1.165, 1.54) is 54.6 Å². The van der Waals surface area contributed by atoms with Crippen molar-refractivity contribution in [3.8, 4) is 5.75 Å². The van der Waals surface area contributed by atoms with E-state index in [9.17, 15) is 37.7 Å². The second-order valence-electron chi connectivity index (χ2n) is 8.50. The van der Waals surface area contributed by atoms with E-state index in [4.69, 9.17) is 11.6 Å². The number of aromatic hydroxyl groups is 1. The summed E-state index contributed by atoms with van der Waals surface area (Å²) in [7, 11) is -7.23. The number of aliphatic carboxylic acids is 1. The fourth-order valence-electron chi connectivity index (χ4n) is 3.59. The molecule has 37 heavy (non-hydrogen) atoms. The van der Waals surface area contributed by atoms with Crippen LogP contribution >= 0.6 is 19.0 Å². The van der Waals surface area contributed by atoms with Gasteiger partial charge in [-0.2, -0.15) is 0 Å². The lowest BCUT2D eigenvalue weighted by Crippen LogP contribution is -2.42. The summed E-state index contributed by atoms with van der Waals surface area (Å²) in [6.45, 7) is 0. The minimum atomic E-state index is -3.75. The van der Waals surface area contributed by atoms with Crippen molar-refractivity contribution in [2.45, 2.75) is 23.8 Å². The Balaban J connectivity index is 1.70. The molecule has 1 amide bonds. The van der Waals surface area contributed by atoms with Crippen LogP contribution < -0.4 is 10.6 Å². The minimum absolute atomic E-state index is 0.0155. The average Bonchev–Trinajstić information content (AvgIpc) is 2.82. The van der Waals surface area contributed by atoms with Crippen molar-refractivity contribution in [1.82, 2.24) is 5.32 Å². The predicted molar refractivity (Wildman–Crippen MR) is 140 cm³/mol. The number of halogens is 1. The highest BCUT2D eigenvalue weighted by atomic mass is 35.5. The molecule has 0 saturated heterocycles. The number of carbonyl (C=O) groups is 2. The smallest absolute Gasteiger partial charge is 0.326 e. The molecular weight excluding hydrogens is 541 g/mol. The quantitative estimate of drug-likeness (QED) is 0.273. The van der Waals surface area contributed by atoms with Gasteiger partial charge in [-0.25, -0.2) is 13.2 Å². The molecule has 0 aliphatic rings. The highest BCUT2D eigenvalue weighted by molar-refractivity contribution is 7.90. The number of amides is 1. The maximum Gasteiger partial charge on any atom is 0.326 e. The summed E-state index contributed by atoms with van der Waals surface area (Å²) in [5.41, 5.74) is 1.02. The number of sulfone groups is 1. The van der Waals surface area contributed by atoms with E-state index in [1.54, 1.807) is 12.1 Å². The molecule has 1 unspecified atom stereocenters. The van der Waals surface area contributed by atoms with Gasteiger partial charge in [0, 0.05) is 24.1 Å². The molecule has 0 aliphatic carbocycles. The summed E-state index contributed by atoms with van der Waals surface area (Å²) in [5, 5.41) is 21.7. The molecule has 196 valence electrons. The van der Waals surface area contributed by atoms with Crippen LogP contribution in [0.15, 0.2) is 71.6 Å². The van der Waals surface area contributed by atoms with Gasteiger partial charge in [0.1, 0.15) is 11.8 Å². The Morgan fingerprint density at radius 2 is 1.73 bits per heavy atom. The summed E-state index contributed by atoms with van der Waals surface area (Å²) in [5.74, 6) is -2.17. The third-order valence-corrected chi connectivity index (χ3v) is 8.92. The summed E-state index contributed by atoms with van der Waals surface area (Å²) >= 11 is 6.27. The van der Waals surface area contributed by atoms with Crippen LogP contribution in [-0.2, 0) is 32.0 Å². The Labute approximate surface area is 219 Å². The summed E-state index contributed by atoms with van der Waals surface area (Å²) in [6.07, 6.45) is 0.937. The molecule has 3 rings (SSSR count). The summed E-state index contributed by atoms with van der Waals surface area (Å²) in [6, 6.07) is 14.4. The first-order valence-corrected chi connectivity index (χ1v) is 15.1. The Morgan fingerprint density at radius 1 is 1.03 bits per heavy atom. The van der Waals surface area contributed by atoms with Crippen LogP contribution in [0.3, 0.4) is 0 Å². The Hall–Kier alpha value is -3.17. The van der Waals surface area contributed by atoms with Crippen LogP contribution in [0.25, 0.3) is 0 Å². The number of rotatable bonds is 10. The second-order valence-corrected chi connectivity index (χ2v) is 13.3. The fraction of sp³-hybridized carbons (Fsp3) is 0.200. The van der Waals surface area contributed by atoms with Gasteiger partial charge in [-0.1, -0.05) is 35.9 Å². The molecule has 0 bridgehead atoms. The number of carbonyl (C=O) groups excluding carboxylic acids is 1. The zero-order valence-electron chi connectivity index (χ0n) is 19.7. The van der Waals surface area contributed by atoms with Crippen molar-refractivity contribution in [2.75, 3.05) is 12.4 Å². The SMILES string of the molecule is CS(=O)(=O)c1cccc(C[C@H](NC(=O)c2ccc(CCP(=O)(O)c3cccc(O)c3)cc2Cl)C(=O)O)c1. The second kappa shape index (κ2) is 11.5. The van der Waals surface area contributed by atoms with Gasteiger partial charge in [0.2, 0.25) is 7.37 Å². The molecule has 0 spiro atoms. The van der Waals surface area contributed by atoms with Crippen LogP contribution in [0.5, 0.6) is 5.75 Å². The molecule has 0 aromatic heterocycles. The monoisotopic (exact) mass is 565 g/mol. The lowest BCUT2D eigenvalue weighted by atomic mass is 10.0. The third kappa shape index (κ3) is 7.66. The highest BCUT2D eigenvalue weighted by Crippen LogP contribution is 2.40. The predicted octanol–water partition coefficient (Wildman–Crippen LogP) is 3.01. The Bertz CT molecular complexity index is 1490. The molecule has 4 N–H and O–H groups in total. The minimum Gasteiger partial charge on any atom is -0.508 e. The number of carboxylic acid groups (broad SMARTS) is 1. The zero-order valence-corrected chi connectivity index (χ0v) is 22.1. The van der Waals surface area contributed by atoms with E-state index in [1.807, 2.05) is 0 Å². The van der Waals surface area contributed by atoms with Crippen LogP contribution in [0.2, 0.25) is 5.02 Å². The van der Waals surface area contributed by atoms with Gasteiger partial charge in [0.15, 0.2) is 9.84 Å². The molecule has 3 aromatic carbocycles. The molecule has 0 fully saturated rings. The number of phenols is 1. The molecule has 0 heterocycles. The zero-order chi connectivity index (χ0) is 27.4. The van der Waals surface area contributed by atoms with Gasteiger partial charge in [-0.15, -0.1) is 0 Å². The van der Waals surface area contributed by atoms with Crippen molar-refractivity contribution < 1.29 is 37.7 Å². The van der Waals surface area contributed by atoms with Crippen LogP contribution in [0.4, 0.5) is 0 Å². The first-order chi connectivity index (χ1) is 17.3. The van der Waals surface area contributed by atoms with Crippen LogP contribution in [0.1, 0.15) is 21.5 Å². The van der Waals surface area contributed by atoms with Gasteiger partial charge >= 0.3 is 5.97 Å². The van der Waals surface area contributed by atoms with Gasteiger partial charge in [0.25, 0.3) is 5.91 Å². The number of phenolic OH excluding ortho intramolecular Hbond substituents is 1. The lowest BCUT2D eigenvalue weighted by molar-refractivity contribution is -0.139. The van der Waals surface area contributed by atoms with E-state index >= 15 is 0 Å².